The smallest absolute Gasteiger partial charge is 0.214 e. The summed E-state index contributed by atoms with van der Waals surface area (Å²) in [4.78, 5) is 11.8. The van der Waals surface area contributed by atoms with Crippen molar-refractivity contribution in [1.82, 2.24) is 0 Å². The van der Waals surface area contributed by atoms with Crippen molar-refractivity contribution < 1.29 is 13.2 Å². The molecule has 4 bridgehead atoms. The highest BCUT2D eigenvalue weighted by Gasteiger charge is 2.59. The molecule has 0 aromatic heterocycles. The van der Waals surface area contributed by atoms with Crippen LogP contribution in [0.5, 0.6) is 0 Å². The molecule has 17 heavy (non-hydrogen) atoms. The van der Waals surface area contributed by atoms with Gasteiger partial charge in [0, 0.05) is 11.8 Å². The van der Waals surface area contributed by atoms with Crippen LogP contribution in [0.4, 0.5) is 0 Å². The maximum absolute atomic E-state index is 11.8. The van der Waals surface area contributed by atoms with Gasteiger partial charge >= 0.3 is 0 Å². The number of rotatable bonds is 1. The van der Waals surface area contributed by atoms with Crippen LogP contribution in [0, 0.1) is 17.8 Å². The number of carbonyl (C=O) groups is 1. The average molecular weight is 257 g/mol. The standard InChI is InChI=1S/C10H15NO3S.C2H4/c11-15(13,14)10-3-6-1-7(4-10)9(12)8(2-6)5-10;1-2/h6-8H,1-5H2,(H2,11,13,14);1-2H2. The van der Waals surface area contributed by atoms with Crippen molar-refractivity contribution in [3.05, 3.63) is 13.2 Å². The molecule has 4 saturated carbocycles. The minimum atomic E-state index is -3.50. The predicted molar refractivity (Wildman–Crippen MR) is 65.7 cm³/mol. The van der Waals surface area contributed by atoms with Crippen LogP contribution in [-0.2, 0) is 14.8 Å². The molecule has 0 saturated heterocycles. The third-order valence-electron chi connectivity index (χ3n) is 4.54. The summed E-state index contributed by atoms with van der Waals surface area (Å²) < 4.78 is 22.6. The highest BCUT2D eigenvalue weighted by molar-refractivity contribution is 7.90. The van der Waals surface area contributed by atoms with Gasteiger partial charge in [-0.3, -0.25) is 4.79 Å². The van der Waals surface area contributed by atoms with E-state index in [0.717, 1.165) is 12.8 Å². The van der Waals surface area contributed by atoms with Crippen LogP contribution in [0.1, 0.15) is 32.1 Å². The largest absolute Gasteiger partial charge is 0.299 e. The van der Waals surface area contributed by atoms with Gasteiger partial charge in [0.25, 0.3) is 0 Å². The Balaban J connectivity index is 0.000000514. The lowest BCUT2D eigenvalue weighted by Gasteiger charge is -2.54. The number of primary sulfonamides is 1. The zero-order valence-corrected chi connectivity index (χ0v) is 10.7. The Bertz CT molecular complexity index is 425. The number of ketones is 1. The molecule has 4 aliphatic rings. The van der Waals surface area contributed by atoms with Crippen LogP contribution < -0.4 is 5.14 Å². The van der Waals surface area contributed by atoms with Crippen molar-refractivity contribution in [2.24, 2.45) is 22.9 Å². The molecule has 4 aliphatic carbocycles. The second-order valence-electron chi connectivity index (χ2n) is 5.47. The molecule has 0 aromatic carbocycles. The van der Waals surface area contributed by atoms with Crippen LogP contribution in [0.25, 0.3) is 0 Å². The van der Waals surface area contributed by atoms with Crippen LogP contribution >= 0.6 is 0 Å². The molecule has 4 rings (SSSR count). The van der Waals surface area contributed by atoms with E-state index in [1.54, 1.807) is 0 Å². The van der Waals surface area contributed by atoms with E-state index in [1.807, 2.05) is 0 Å². The first-order chi connectivity index (χ1) is 7.91. The SMILES string of the molecule is C=C.NS(=O)(=O)C12CC3CC(C1)C(=O)C(C3)C2. The summed E-state index contributed by atoms with van der Waals surface area (Å²) in [5.41, 5.74) is 0. The Kier molecular flexibility index (Phi) is 2.94. The molecule has 2 N–H and O–H groups in total. The van der Waals surface area contributed by atoms with Crippen molar-refractivity contribution in [3.63, 3.8) is 0 Å². The molecule has 0 heterocycles. The lowest BCUT2D eigenvalue weighted by molar-refractivity contribution is -0.138. The summed E-state index contributed by atoms with van der Waals surface area (Å²) in [5, 5.41) is 5.34. The number of carbonyl (C=O) groups excluding carboxylic acids is 1. The molecule has 0 radical (unpaired) electrons. The van der Waals surface area contributed by atoms with Gasteiger partial charge in [0.1, 0.15) is 5.78 Å². The summed E-state index contributed by atoms with van der Waals surface area (Å²) in [6.07, 6.45) is 3.45. The van der Waals surface area contributed by atoms with E-state index in [9.17, 15) is 13.2 Å². The van der Waals surface area contributed by atoms with Gasteiger partial charge in [0.05, 0.1) is 4.75 Å². The van der Waals surface area contributed by atoms with Crippen LogP contribution in [0.3, 0.4) is 0 Å². The normalized spacial score (nSPS) is 43.1. The van der Waals surface area contributed by atoms with Crippen molar-refractivity contribution >= 4 is 15.8 Å². The second-order valence-corrected chi connectivity index (χ2v) is 7.43. The van der Waals surface area contributed by atoms with Crippen LogP contribution in [0.15, 0.2) is 13.2 Å². The maximum Gasteiger partial charge on any atom is 0.214 e. The van der Waals surface area contributed by atoms with Gasteiger partial charge in [0.2, 0.25) is 10.0 Å². The van der Waals surface area contributed by atoms with E-state index in [1.165, 1.54) is 0 Å². The minimum Gasteiger partial charge on any atom is -0.299 e. The van der Waals surface area contributed by atoms with Gasteiger partial charge in [0.15, 0.2) is 0 Å². The molecular formula is C12H19NO3S. The molecule has 2 unspecified atom stereocenters. The first-order valence-corrected chi connectivity index (χ1v) is 7.52. The number of hydrogen-bond donors (Lipinski definition) is 1. The van der Waals surface area contributed by atoms with Gasteiger partial charge in [-0.1, -0.05) is 0 Å². The highest BCUT2D eigenvalue weighted by Crippen LogP contribution is 2.56. The molecule has 0 aromatic rings. The van der Waals surface area contributed by atoms with Gasteiger partial charge < -0.3 is 0 Å². The fourth-order valence-electron chi connectivity index (χ4n) is 4.02. The lowest BCUT2D eigenvalue weighted by Crippen LogP contribution is -2.60. The summed E-state index contributed by atoms with van der Waals surface area (Å²) in [7, 11) is -3.50. The van der Waals surface area contributed by atoms with E-state index in [0.29, 0.717) is 31.0 Å². The third-order valence-corrected chi connectivity index (χ3v) is 6.25. The Morgan fingerprint density at radius 1 is 1.12 bits per heavy atom. The Hall–Kier alpha value is -0.680. The molecule has 0 amide bonds. The Labute approximate surface area is 102 Å². The fraction of sp³-hybridized carbons (Fsp3) is 0.750. The second kappa shape index (κ2) is 3.92. The zero-order valence-electron chi connectivity index (χ0n) is 9.89. The van der Waals surface area contributed by atoms with Crippen LogP contribution in [0.2, 0.25) is 0 Å². The molecule has 0 spiro atoms. The molecule has 5 heteroatoms. The first-order valence-electron chi connectivity index (χ1n) is 5.97. The summed E-state index contributed by atoms with van der Waals surface area (Å²) >= 11 is 0. The highest BCUT2D eigenvalue weighted by atomic mass is 32.2. The van der Waals surface area contributed by atoms with E-state index in [4.69, 9.17) is 5.14 Å². The minimum absolute atomic E-state index is 0.0189. The topological polar surface area (TPSA) is 77.2 Å². The quantitative estimate of drug-likeness (QED) is 0.718. The van der Waals surface area contributed by atoms with Crippen LogP contribution in [-0.4, -0.2) is 18.9 Å². The van der Waals surface area contributed by atoms with Gasteiger partial charge in [-0.15, -0.1) is 13.2 Å². The molecule has 2 atom stereocenters. The fourth-order valence-corrected chi connectivity index (χ4v) is 5.36. The lowest BCUT2D eigenvalue weighted by atomic mass is 9.55. The third kappa shape index (κ3) is 1.76. The number of Topliss-reactive ketones (excluding diaryl/α,β-unsaturated/α-hetero) is 1. The number of hydrogen-bond acceptors (Lipinski definition) is 3. The van der Waals surface area contributed by atoms with Crippen molar-refractivity contribution in [2.45, 2.75) is 36.9 Å². The molecule has 4 nitrogen and oxygen atoms in total. The molecule has 96 valence electrons. The van der Waals surface area contributed by atoms with Gasteiger partial charge in [-0.2, -0.15) is 0 Å². The molecular weight excluding hydrogens is 238 g/mol. The monoisotopic (exact) mass is 257 g/mol. The number of sulfonamides is 1. The Morgan fingerprint density at radius 3 is 2.00 bits per heavy atom. The van der Waals surface area contributed by atoms with Crippen molar-refractivity contribution in [3.8, 4) is 0 Å². The van der Waals surface area contributed by atoms with E-state index < -0.39 is 14.8 Å². The van der Waals surface area contributed by atoms with E-state index in [-0.39, 0.29) is 11.8 Å². The summed E-state index contributed by atoms with van der Waals surface area (Å²) in [6.45, 7) is 6.00. The van der Waals surface area contributed by atoms with Gasteiger partial charge in [-0.25, -0.2) is 13.6 Å². The zero-order chi connectivity index (χ0) is 12.8. The molecule has 4 fully saturated rings. The van der Waals surface area contributed by atoms with Crippen molar-refractivity contribution in [2.75, 3.05) is 0 Å². The average Bonchev–Trinajstić information content (AvgIpc) is 2.26. The number of nitrogens with two attached hydrogens (primary N) is 1. The van der Waals surface area contributed by atoms with Gasteiger partial charge in [-0.05, 0) is 38.0 Å². The molecule has 0 aliphatic heterocycles. The summed E-state index contributed by atoms with van der Waals surface area (Å²) in [6, 6.07) is 0. The van der Waals surface area contributed by atoms with E-state index in [2.05, 4.69) is 13.2 Å². The maximum atomic E-state index is 11.8. The van der Waals surface area contributed by atoms with E-state index >= 15 is 0 Å². The predicted octanol–water partition coefficient (Wildman–Crippen LogP) is 1.22. The first kappa shape index (κ1) is 12.8. The summed E-state index contributed by atoms with van der Waals surface area (Å²) in [5.74, 6) is 0.674. The van der Waals surface area contributed by atoms with Crippen molar-refractivity contribution in [1.29, 1.82) is 0 Å². The Morgan fingerprint density at radius 2 is 1.59 bits per heavy atom.